The molecule has 7 nitrogen and oxygen atoms in total. The molecule has 0 aliphatic heterocycles. The number of hydrogen-bond acceptors (Lipinski definition) is 6. The van der Waals surface area contributed by atoms with E-state index in [1.54, 1.807) is 13.8 Å². The minimum Gasteiger partial charge on any atom is -0.390 e. The molecular formula is C26H30ClF2NO6S. The van der Waals surface area contributed by atoms with E-state index in [0.717, 1.165) is 18.2 Å². The summed E-state index contributed by atoms with van der Waals surface area (Å²) in [6.07, 6.45) is -1.39. The highest BCUT2D eigenvalue weighted by Gasteiger charge is 2.60. The summed E-state index contributed by atoms with van der Waals surface area (Å²) < 4.78 is 54.0. The van der Waals surface area contributed by atoms with Crippen LogP contribution in [0.25, 0.3) is 0 Å². The topological polar surface area (TPSA) is 124 Å². The second kappa shape index (κ2) is 10.2. The van der Waals surface area contributed by atoms with E-state index < -0.39 is 62.3 Å². The third kappa shape index (κ3) is 5.02. The number of aliphatic hydroxyl groups is 3. The van der Waals surface area contributed by atoms with Gasteiger partial charge < -0.3 is 20.6 Å². The van der Waals surface area contributed by atoms with Crippen molar-refractivity contribution in [2.24, 2.45) is 17.8 Å². The summed E-state index contributed by atoms with van der Waals surface area (Å²) in [5.41, 5.74) is -1.64. The zero-order valence-corrected chi connectivity index (χ0v) is 21.9. The van der Waals surface area contributed by atoms with Gasteiger partial charge in [-0.05, 0) is 73.8 Å². The van der Waals surface area contributed by atoms with Crippen LogP contribution in [0.5, 0.6) is 0 Å². The van der Waals surface area contributed by atoms with Crippen LogP contribution in [-0.4, -0.2) is 52.7 Å². The summed E-state index contributed by atoms with van der Waals surface area (Å²) >= 11 is 6.25. The number of hydrogen-bond donors (Lipinski definition) is 4. The Morgan fingerprint density at radius 2 is 1.68 bits per heavy atom. The van der Waals surface area contributed by atoms with Crippen molar-refractivity contribution in [3.8, 4) is 0 Å². The Balaban J connectivity index is 1.58. The van der Waals surface area contributed by atoms with Crippen molar-refractivity contribution in [3.63, 3.8) is 0 Å². The lowest BCUT2D eigenvalue weighted by Gasteiger charge is -2.47. The summed E-state index contributed by atoms with van der Waals surface area (Å²) in [5.74, 6) is -4.31. The van der Waals surface area contributed by atoms with Crippen LogP contribution in [-0.2, 0) is 9.84 Å². The number of aliphatic hydroxyl groups excluding tert-OH is 2. The summed E-state index contributed by atoms with van der Waals surface area (Å²) in [4.78, 5) is 12.5. The summed E-state index contributed by atoms with van der Waals surface area (Å²) in [6, 6.07) is 6.60. The van der Waals surface area contributed by atoms with Gasteiger partial charge in [0.25, 0.3) is 5.91 Å². The molecule has 2 saturated carbocycles. The number of anilines is 1. The molecule has 37 heavy (non-hydrogen) atoms. The molecular weight excluding hydrogens is 528 g/mol. The second-order valence-electron chi connectivity index (χ2n) is 10.4. The predicted molar refractivity (Wildman–Crippen MR) is 134 cm³/mol. The second-order valence-corrected chi connectivity index (χ2v) is 13.0. The Hall–Kier alpha value is -2.11. The number of benzene rings is 2. The maximum absolute atomic E-state index is 13.7. The first kappa shape index (κ1) is 27.9. The van der Waals surface area contributed by atoms with Gasteiger partial charge in [0, 0.05) is 17.3 Å². The molecule has 0 unspecified atom stereocenters. The highest BCUT2D eigenvalue weighted by molar-refractivity contribution is 7.92. The van der Waals surface area contributed by atoms with Gasteiger partial charge in [0.2, 0.25) is 0 Å². The molecule has 2 fully saturated rings. The van der Waals surface area contributed by atoms with Gasteiger partial charge in [0.15, 0.2) is 21.5 Å². The van der Waals surface area contributed by atoms with Crippen LogP contribution in [0.15, 0.2) is 41.3 Å². The first-order chi connectivity index (χ1) is 17.3. The van der Waals surface area contributed by atoms with Crippen molar-refractivity contribution in [2.75, 3.05) is 5.32 Å². The maximum Gasteiger partial charge on any atom is 0.255 e. The van der Waals surface area contributed by atoms with Gasteiger partial charge in [-0.1, -0.05) is 25.4 Å². The van der Waals surface area contributed by atoms with Gasteiger partial charge in [0.1, 0.15) is 6.10 Å². The molecule has 0 spiro atoms. The lowest BCUT2D eigenvalue weighted by Crippen LogP contribution is -2.60. The summed E-state index contributed by atoms with van der Waals surface area (Å²) in [5, 5.41) is 34.1. The average Bonchev–Trinajstić information content (AvgIpc) is 3.01. The first-order valence-electron chi connectivity index (χ1n) is 12.1. The maximum atomic E-state index is 13.7. The lowest BCUT2D eigenvalue weighted by atomic mass is 9.69. The van der Waals surface area contributed by atoms with Gasteiger partial charge in [-0.2, -0.15) is 0 Å². The molecule has 0 heterocycles. The van der Waals surface area contributed by atoms with E-state index in [-0.39, 0.29) is 39.9 Å². The quantitative estimate of drug-likeness (QED) is 0.409. The number of sulfone groups is 1. The molecule has 4 rings (SSSR count). The van der Waals surface area contributed by atoms with E-state index in [1.807, 2.05) is 0 Å². The summed E-state index contributed by atoms with van der Waals surface area (Å²) in [6.45, 7) is 3.46. The number of nitrogens with one attached hydrogen (secondary N) is 1. The number of carbonyl (C=O) groups is 1. The van der Waals surface area contributed by atoms with Crippen LogP contribution in [0.4, 0.5) is 14.5 Å². The SMILES string of the molecule is CC(C)[C@H](O)[C@@H](O)[C@@]1(O)[C@@H]2CC[C@H]1C[C@H](S(=O)(=O)c1cc(C(=O)Nc3ccc(F)c(F)c3)ccc1Cl)C2. The Labute approximate surface area is 219 Å². The zero-order valence-electron chi connectivity index (χ0n) is 20.4. The van der Waals surface area contributed by atoms with Crippen LogP contribution < -0.4 is 5.32 Å². The third-order valence-electron chi connectivity index (χ3n) is 7.86. The van der Waals surface area contributed by atoms with Crippen molar-refractivity contribution < 1.29 is 37.3 Å². The van der Waals surface area contributed by atoms with Crippen LogP contribution >= 0.6 is 11.6 Å². The average molecular weight is 558 g/mol. The molecule has 1 amide bonds. The molecule has 0 saturated heterocycles. The van der Waals surface area contributed by atoms with Crippen molar-refractivity contribution in [1.82, 2.24) is 0 Å². The number of halogens is 3. The molecule has 11 heteroatoms. The fourth-order valence-corrected chi connectivity index (χ4v) is 8.14. The number of amides is 1. The molecule has 2 aromatic carbocycles. The van der Waals surface area contributed by atoms with Crippen LogP contribution in [0.3, 0.4) is 0 Å². The fraction of sp³-hybridized carbons (Fsp3) is 0.500. The van der Waals surface area contributed by atoms with Gasteiger partial charge in [0.05, 0.1) is 26.9 Å². The van der Waals surface area contributed by atoms with E-state index in [9.17, 15) is 37.3 Å². The summed E-state index contributed by atoms with van der Waals surface area (Å²) in [7, 11) is -4.05. The molecule has 2 aliphatic carbocycles. The minimum atomic E-state index is -4.05. The third-order valence-corrected chi connectivity index (χ3v) is 10.5. The number of carbonyl (C=O) groups excluding carboxylic acids is 1. The van der Waals surface area contributed by atoms with Crippen molar-refractivity contribution in [1.29, 1.82) is 0 Å². The van der Waals surface area contributed by atoms with Crippen LogP contribution in [0.1, 0.15) is 49.9 Å². The molecule has 0 aromatic heterocycles. The highest BCUT2D eigenvalue weighted by atomic mass is 35.5. The number of rotatable bonds is 7. The van der Waals surface area contributed by atoms with E-state index >= 15 is 0 Å². The number of fused-ring (bicyclic) bond motifs is 2. The molecule has 2 bridgehead atoms. The fourth-order valence-electron chi connectivity index (χ4n) is 5.74. The van der Waals surface area contributed by atoms with Crippen molar-refractivity contribution >= 4 is 33.0 Å². The predicted octanol–water partition coefficient (Wildman–Crippen LogP) is 3.94. The van der Waals surface area contributed by atoms with E-state index in [2.05, 4.69) is 5.32 Å². The Bertz CT molecular complexity index is 1290. The molecule has 2 aliphatic rings. The van der Waals surface area contributed by atoms with E-state index in [4.69, 9.17) is 11.6 Å². The molecule has 202 valence electrons. The van der Waals surface area contributed by atoms with E-state index in [1.165, 1.54) is 18.2 Å². The van der Waals surface area contributed by atoms with Crippen LogP contribution in [0.2, 0.25) is 5.02 Å². The molecule has 0 radical (unpaired) electrons. The molecule has 2 aromatic rings. The Morgan fingerprint density at radius 1 is 1.05 bits per heavy atom. The van der Waals surface area contributed by atoms with Gasteiger partial charge in [-0.25, -0.2) is 17.2 Å². The van der Waals surface area contributed by atoms with Gasteiger partial charge in [-0.3, -0.25) is 4.79 Å². The van der Waals surface area contributed by atoms with Crippen LogP contribution in [0, 0.1) is 29.4 Å². The monoisotopic (exact) mass is 557 g/mol. The van der Waals surface area contributed by atoms with Crippen molar-refractivity contribution in [3.05, 3.63) is 58.6 Å². The first-order valence-corrected chi connectivity index (χ1v) is 14.1. The molecule has 4 N–H and O–H groups in total. The van der Waals surface area contributed by atoms with Crippen molar-refractivity contribution in [2.45, 2.75) is 67.5 Å². The van der Waals surface area contributed by atoms with Gasteiger partial charge in [-0.15, -0.1) is 0 Å². The normalized spacial score (nSPS) is 27.2. The standard InChI is InChI=1S/C26H30ClF2NO6S/c1-13(2)23(31)24(32)26(34)15-4-5-16(26)11-18(10-15)37(35,36)22-9-14(3-7-19(22)27)25(33)30-17-6-8-20(28)21(29)12-17/h3,6-9,12-13,15-16,18,23-24,31-32,34H,4-5,10-11H2,1-2H3,(H,30,33)/t15-,16+,18-,23-,24+,26-/m0/s1. The van der Waals surface area contributed by atoms with E-state index in [0.29, 0.717) is 12.8 Å². The van der Waals surface area contributed by atoms with Gasteiger partial charge >= 0.3 is 0 Å². The highest BCUT2D eigenvalue weighted by Crippen LogP contribution is 2.54. The Morgan fingerprint density at radius 3 is 2.24 bits per heavy atom. The largest absolute Gasteiger partial charge is 0.390 e. The Kier molecular flexibility index (Phi) is 7.71. The molecule has 6 atom stereocenters. The minimum absolute atomic E-state index is 0.00598. The smallest absolute Gasteiger partial charge is 0.255 e. The lowest BCUT2D eigenvalue weighted by molar-refractivity contribution is -0.183. The zero-order chi connectivity index (χ0) is 27.3.